The number of aromatic amines is 1. The second-order valence-corrected chi connectivity index (χ2v) is 5.32. The minimum absolute atomic E-state index is 0.267. The molecule has 0 unspecified atom stereocenters. The van der Waals surface area contributed by atoms with Crippen LogP contribution in [0.5, 0.6) is 0 Å². The molecule has 0 saturated heterocycles. The van der Waals surface area contributed by atoms with E-state index in [-0.39, 0.29) is 5.82 Å². The number of halogens is 2. The van der Waals surface area contributed by atoms with Gasteiger partial charge in [-0.15, -0.1) is 0 Å². The van der Waals surface area contributed by atoms with Crippen molar-refractivity contribution in [3.05, 3.63) is 40.5 Å². The van der Waals surface area contributed by atoms with Gasteiger partial charge >= 0.3 is 0 Å². The summed E-state index contributed by atoms with van der Waals surface area (Å²) in [4.78, 5) is 7.35. The summed E-state index contributed by atoms with van der Waals surface area (Å²) in [7, 11) is 0. The van der Waals surface area contributed by atoms with Crippen LogP contribution >= 0.6 is 15.9 Å². The number of H-pyrrole nitrogens is 1. The summed E-state index contributed by atoms with van der Waals surface area (Å²) in [5.74, 6) is 0.539. The molecule has 5 heteroatoms. The van der Waals surface area contributed by atoms with Crippen molar-refractivity contribution in [2.24, 2.45) is 0 Å². The van der Waals surface area contributed by atoms with Gasteiger partial charge in [-0.05, 0) is 18.2 Å². The highest BCUT2D eigenvalue weighted by atomic mass is 79.9. The number of nitrogens with one attached hydrogen (secondary N) is 2. The number of rotatable bonds is 4. The molecule has 2 N–H and O–H groups in total. The minimum Gasteiger partial charge on any atom is -0.341 e. The van der Waals surface area contributed by atoms with E-state index in [2.05, 4.69) is 45.1 Å². The van der Waals surface area contributed by atoms with E-state index >= 15 is 0 Å². The SMILES string of the molecule is CC(C)NCc1ncc(-c2ccc(Br)cc2F)[nH]1. The number of aromatic nitrogens is 2. The molecule has 0 aliphatic carbocycles. The molecule has 96 valence electrons. The lowest BCUT2D eigenvalue weighted by Crippen LogP contribution is -2.22. The second kappa shape index (κ2) is 5.63. The van der Waals surface area contributed by atoms with Gasteiger partial charge in [-0.3, -0.25) is 0 Å². The zero-order chi connectivity index (χ0) is 13.1. The first-order valence-electron chi connectivity index (χ1n) is 5.79. The molecule has 0 spiro atoms. The Kier molecular flexibility index (Phi) is 4.14. The predicted molar refractivity (Wildman–Crippen MR) is 73.7 cm³/mol. The highest BCUT2D eigenvalue weighted by molar-refractivity contribution is 9.10. The molecule has 0 aliphatic heterocycles. The van der Waals surface area contributed by atoms with Crippen LogP contribution in [-0.4, -0.2) is 16.0 Å². The van der Waals surface area contributed by atoms with E-state index in [9.17, 15) is 4.39 Å². The lowest BCUT2D eigenvalue weighted by atomic mass is 10.1. The molecule has 18 heavy (non-hydrogen) atoms. The first-order valence-corrected chi connectivity index (χ1v) is 6.58. The van der Waals surface area contributed by atoms with E-state index in [1.165, 1.54) is 6.07 Å². The number of benzene rings is 1. The van der Waals surface area contributed by atoms with E-state index in [1.807, 2.05) is 6.07 Å². The monoisotopic (exact) mass is 311 g/mol. The van der Waals surface area contributed by atoms with Crippen LogP contribution < -0.4 is 5.32 Å². The van der Waals surface area contributed by atoms with Crippen LogP contribution in [0.2, 0.25) is 0 Å². The Balaban J connectivity index is 2.18. The summed E-state index contributed by atoms with van der Waals surface area (Å²) in [6.07, 6.45) is 1.66. The van der Waals surface area contributed by atoms with Crippen LogP contribution in [0, 0.1) is 5.82 Å². The van der Waals surface area contributed by atoms with Gasteiger partial charge in [-0.1, -0.05) is 29.8 Å². The standard InChI is InChI=1S/C13H15BrFN3/c1-8(2)16-7-13-17-6-12(18-13)10-4-3-9(14)5-11(10)15/h3-6,8,16H,7H2,1-2H3,(H,17,18). The van der Waals surface area contributed by atoms with E-state index in [1.54, 1.807) is 12.3 Å². The normalized spacial score (nSPS) is 11.2. The van der Waals surface area contributed by atoms with Crippen molar-refractivity contribution < 1.29 is 4.39 Å². The van der Waals surface area contributed by atoms with E-state index in [4.69, 9.17) is 0 Å². The fourth-order valence-corrected chi connectivity index (χ4v) is 1.93. The summed E-state index contributed by atoms with van der Waals surface area (Å²) in [6, 6.07) is 5.38. The van der Waals surface area contributed by atoms with Crippen molar-refractivity contribution in [2.45, 2.75) is 26.4 Å². The fourth-order valence-electron chi connectivity index (χ4n) is 1.60. The van der Waals surface area contributed by atoms with Gasteiger partial charge in [0, 0.05) is 16.1 Å². The number of hydrogen-bond acceptors (Lipinski definition) is 2. The van der Waals surface area contributed by atoms with Crippen molar-refractivity contribution in [1.82, 2.24) is 15.3 Å². The Morgan fingerprint density at radius 3 is 2.89 bits per heavy atom. The quantitative estimate of drug-likeness (QED) is 0.907. The third-order valence-corrected chi connectivity index (χ3v) is 3.02. The van der Waals surface area contributed by atoms with Gasteiger partial charge < -0.3 is 10.3 Å². The summed E-state index contributed by atoms with van der Waals surface area (Å²) in [6.45, 7) is 4.78. The maximum Gasteiger partial charge on any atom is 0.133 e. The molecule has 0 atom stereocenters. The zero-order valence-electron chi connectivity index (χ0n) is 10.3. The van der Waals surface area contributed by atoms with Crippen LogP contribution in [0.3, 0.4) is 0 Å². The van der Waals surface area contributed by atoms with E-state index in [0.717, 1.165) is 10.3 Å². The smallest absolute Gasteiger partial charge is 0.133 e. The van der Waals surface area contributed by atoms with Crippen LogP contribution in [0.25, 0.3) is 11.3 Å². The van der Waals surface area contributed by atoms with Crippen LogP contribution in [0.4, 0.5) is 4.39 Å². The maximum absolute atomic E-state index is 13.8. The summed E-state index contributed by atoms with van der Waals surface area (Å²) in [5.41, 5.74) is 1.22. The lowest BCUT2D eigenvalue weighted by Gasteiger charge is -2.05. The third-order valence-electron chi connectivity index (χ3n) is 2.53. The molecule has 1 aromatic carbocycles. The fraction of sp³-hybridized carbons (Fsp3) is 0.308. The van der Waals surface area contributed by atoms with Gasteiger partial charge in [0.1, 0.15) is 11.6 Å². The second-order valence-electron chi connectivity index (χ2n) is 4.40. The molecule has 0 radical (unpaired) electrons. The molecule has 1 heterocycles. The Morgan fingerprint density at radius 2 is 2.22 bits per heavy atom. The van der Waals surface area contributed by atoms with Crippen molar-refractivity contribution in [3.63, 3.8) is 0 Å². The molecule has 0 bridgehead atoms. The van der Waals surface area contributed by atoms with Crippen molar-refractivity contribution >= 4 is 15.9 Å². The van der Waals surface area contributed by atoms with Gasteiger partial charge in [0.2, 0.25) is 0 Å². The highest BCUT2D eigenvalue weighted by Gasteiger charge is 2.08. The van der Waals surface area contributed by atoms with Gasteiger partial charge in [0.25, 0.3) is 0 Å². The highest BCUT2D eigenvalue weighted by Crippen LogP contribution is 2.24. The van der Waals surface area contributed by atoms with E-state index < -0.39 is 0 Å². The van der Waals surface area contributed by atoms with Crippen molar-refractivity contribution in [2.75, 3.05) is 0 Å². The summed E-state index contributed by atoms with van der Waals surface area (Å²) < 4.78 is 14.5. The molecule has 2 aromatic rings. The lowest BCUT2D eigenvalue weighted by molar-refractivity contribution is 0.575. The Morgan fingerprint density at radius 1 is 1.44 bits per heavy atom. The molecule has 0 amide bonds. The molecule has 3 nitrogen and oxygen atoms in total. The Bertz CT molecular complexity index is 537. The van der Waals surface area contributed by atoms with Crippen LogP contribution in [-0.2, 0) is 6.54 Å². The predicted octanol–water partition coefficient (Wildman–Crippen LogP) is 3.48. The topological polar surface area (TPSA) is 40.7 Å². The third kappa shape index (κ3) is 3.17. The summed E-state index contributed by atoms with van der Waals surface area (Å²) >= 11 is 3.24. The molecule has 1 aromatic heterocycles. The van der Waals surface area contributed by atoms with Crippen LogP contribution in [0.1, 0.15) is 19.7 Å². The number of nitrogens with zero attached hydrogens (tertiary/aromatic N) is 1. The van der Waals surface area contributed by atoms with Crippen molar-refractivity contribution in [1.29, 1.82) is 0 Å². The van der Waals surface area contributed by atoms with Gasteiger partial charge in [0.15, 0.2) is 0 Å². The average Bonchev–Trinajstić information content (AvgIpc) is 2.75. The van der Waals surface area contributed by atoms with Gasteiger partial charge in [0.05, 0.1) is 18.4 Å². The Hall–Kier alpha value is -1.20. The molecule has 0 saturated carbocycles. The number of hydrogen-bond donors (Lipinski definition) is 2. The zero-order valence-corrected chi connectivity index (χ0v) is 11.9. The molecule has 0 fully saturated rings. The first kappa shape index (κ1) is 13.2. The average molecular weight is 312 g/mol. The molecule has 0 aliphatic rings. The molecule has 2 rings (SSSR count). The van der Waals surface area contributed by atoms with Crippen LogP contribution in [0.15, 0.2) is 28.9 Å². The molecular weight excluding hydrogens is 297 g/mol. The first-order chi connectivity index (χ1) is 8.56. The van der Waals surface area contributed by atoms with Crippen molar-refractivity contribution in [3.8, 4) is 11.3 Å². The number of imidazole rings is 1. The maximum atomic E-state index is 13.8. The van der Waals surface area contributed by atoms with Gasteiger partial charge in [-0.25, -0.2) is 9.37 Å². The Labute approximate surface area is 114 Å². The van der Waals surface area contributed by atoms with Gasteiger partial charge in [-0.2, -0.15) is 0 Å². The molecular formula is C13H15BrFN3. The largest absolute Gasteiger partial charge is 0.341 e. The van der Waals surface area contributed by atoms with E-state index in [0.29, 0.717) is 23.8 Å². The minimum atomic E-state index is -0.267. The summed E-state index contributed by atoms with van der Waals surface area (Å²) in [5, 5.41) is 3.26.